The molecule has 0 bridgehead atoms. The molecule has 0 spiro atoms. The molecule has 2 aromatic carbocycles. The number of amides is 3. The molecule has 6 nitrogen and oxygen atoms in total. The molecule has 1 aliphatic rings. The van der Waals surface area contributed by atoms with Crippen molar-refractivity contribution in [2.24, 2.45) is 0 Å². The molecule has 1 saturated heterocycles. The molecule has 1 aliphatic heterocycles. The minimum atomic E-state index is -0.800. The van der Waals surface area contributed by atoms with Crippen LogP contribution in [0.25, 0.3) is 0 Å². The van der Waals surface area contributed by atoms with Gasteiger partial charge in [-0.3, -0.25) is 14.4 Å². The van der Waals surface area contributed by atoms with E-state index in [1.165, 1.54) is 11.8 Å². The Morgan fingerprint density at radius 2 is 1.93 bits per heavy atom. The van der Waals surface area contributed by atoms with Crippen LogP contribution in [-0.2, 0) is 20.8 Å². The average Bonchev–Trinajstić information content (AvgIpc) is 2.96. The van der Waals surface area contributed by atoms with Gasteiger partial charge in [0, 0.05) is 18.5 Å². The molecule has 0 radical (unpaired) electrons. The number of anilines is 1. The van der Waals surface area contributed by atoms with Gasteiger partial charge in [-0.05, 0) is 48.4 Å². The van der Waals surface area contributed by atoms with Crippen molar-refractivity contribution in [3.05, 3.63) is 59.1 Å². The van der Waals surface area contributed by atoms with E-state index in [4.69, 9.17) is 16.3 Å². The maximum absolute atomic E-state index is 12.9. The summed E-state index contributed by atoms with van der Waals surface area (Å²) in [7, 11) is 1.54. The molecule has 2 aromatic rings. The summed E-state index contributed by atoms with van der Waals surface area (Å²) in [6.07, 6.45) is 0.515. The summed E-state index contributed by atoms with van der Waals surface area (Å²) in [6, 6.07) is 13.2. The van der Waals surface area contributed by atoms with Gasteiger partial charge in [0.05, 0.1) is 19.2 Å². The van der Waals surface area contributed by atoms with Gasteiger partial charge < -0.3 is 9.64 Å². The number of hydrogen-bond acceptors (Lipinski definition) is 4. The molecular formula is C21H21ClN2O4. The van der Waals surface area contributed by atoms with Crippen LogP contribution in [0.5, 0.6) is 5.75 Å². The largest absolute Gasteiger partial charge is 0.497 e. The number of carbonyl (C=O) groups is 3. The summed E-state index contributed by atoms with van der Waals surface area (Å²) >= 11 is 6.01. The number of ether oxygens (including phenoxy) is 1. The normalized spacial score (nSPS) is 16.4. The van der Waals surface area contributed by atoms with Crippen LogP contribution in [-0.4, -0.2) is 42.3 Å². The van der Waals surface area contributed by atoms with Gasteiger partial charge in [-0.2, -0.15) is 0 Å². The highest BCUT2D eigenvalue weighted by molar-refractivity contribution is 6.30. The zero-order valence-corrected chi connectivity index (χ0v) is 16.5. The van der Waals surface area contributed by atoms with Gasteiger partial charge in [0.2, 0.25) is 11.8 Å². The van der Waals surface area contributed by atoms with Crippen LogP contribution in [0.15, 0.2) is 48.5 Å². The lowest BCUT2D eigenvalue weighted by molar-refractivity contribution is -0.136. The Morgan fingerprint density at radius 3 is 2.54 bits per heavy atom. The fourth-order valence-corrected chi connectivity index (χ4v) is 3.55. The Hall–Kier alpha value is -2.86. The average molecular weight is 401 g/mol. The minimum Gasteiger partial charge on any atom is -0.497 e. The molecule has 3 amide bonds. The van der Waals surface area contributed by atoms with Crippen LogP contribution in [0.3, 0.4) is 0 Å². The summed E-state index contributed by atoms with van der Waals surface area (Å²) in [6.45, 7) is 1.74. The van der Waals surface area contributed by atoms with Crippen molar-refractivity contribution < 1.29 is 19.1 Å². The van der Waals surface area contributed by atoms with Crippen molar-refractivity contribution in [2.45, 2.75) is 25.8 Å². The number of benzene rings is 2. The van der Waals surface area contributed by atoms with Gasteiger partial charge in [0.25, 0.3) is 5.91 Å². The first kappa shape index (κ1) is 19.9. The monoisotopic (exact) mass is 400 g/mol. The number of carbonyl (C=O) groups excluding carboxylic acids is 3. The molecule has 3 rings (SSSR count). The quantitative estimate of drug-likeness (QED) is 0.699. The summed E-state index contributed by atoms with van der Waals surface area (Å²) in [4.78, 5) is 40.3. The highest BCUT2D eigenvalue weighted by Gasteiger charge is 2.43. The van der Waals surface area contributed by atoms with Crippen molar-refractivity contribution >= 4 is 35.0 Å². The molecular weight excluding hydrogens is 380 g/mol. The smallest absolute Gasteiger partial charge is 0.257 e. The Bertz CT molecular complexity index is 898. The Labute approximate surface area is 168 Å². The van der Waals surface area contributed by atoms with E-state index in [9.17, 15) is 14.4 Å². The van der Waals surface area contributed by atoms with E-state index in [1.807, 2.05) is 18.2 Å². The first-order valence-corrected chi connectivity index (χ1v) is 9.31. The van der Waals surface area contributed by atoms with Gasteiger partial charge in [0.1, 0.15) is 11.8 Å². The number of nitrogens with zero attached hydrogens (tertiary/aromatic N) is 2. The predicted molar refractivity (Wildman–Crippen MR) is 106 cm³/mol. The van der Waals surface area contributed by atoms with Crippen molar-refractivity contribution in [3.8, 4) is 5.75 Å². The second kappa shape index (κ2) is 8.44. The topological polar surface area (TPSA) is 66.9 Å². The first-order chi connectivity index (χ1) is 13.4. The standard InChI is InChI=1S/C21H21ClN2O4/c1-14(25)23(11-10-15-4-3-5-16(22)12-15)19-13-20(26)24(21(19)27)17-6-8-18(28-2)9-7-17/h3-9,12,19H,10-11,13H2,1-2H3. The molecule has 1 heterocycles. The number of methoxy groups -OCH3 is 1. The molecule has 1 unspecified atom stereocenters. The summed E-state index contributed by atoms with van der Waals surface area (Å²) in [5, 5.41) is 0.615. The number of imide groups is 1. The van der Waals surface area contributed by atoms with E-state index in [1.54, 1.807) is 37.4 Å². The number of hydrogen-bond donors (Lipinski definition) is 0. The third-order valence-electron chi connectivity index (χ3n) is 4.76. The lowest BCUT2D eigenvalue weighted by Gasteiger charge is -2.26. The minimum absolute atomic E-state index is 0.0278. The van der Waals surface area contributed by atoms with E-state index in [-0.39, 0.29) is 18.2 Å². The Balaban J connectivity index is 1.77. The van der Waals surface area contributed by atoms with Gasteiger partial charge in [-0.1, -0.05) is 23.7 Å². The lowest BCUT2D eigenvalue weighted by atomic mass is 10.1. The SMILES string of the molecule is COc1ccc(N2C(=O)CC(N(CCc3cccc(Cl)c3)C(C)=O)C2=O)cc1. The van der Waals surface area contributed by atoms with E-state index < -0.39 is 11.9 Å². The summed E-state index contributed by atoms with van der Waals surface area (Å²) in [5.41, 5.74) is 1.43. The van der Waals surface area contributed by atoms with Gasteiger partial charge in [-0.15, -0.1) is 0 Å². The third kappa shape index (κ3) is 4.17. The number of rotatable bonds is 6. The zero-order chi connectivity index (χ0) is 20.3. The van der Waals surface area contributed by atoms with E-state index in [0.717, 1.165) is 10.5 Å². The molecule has 1 atom stereocenters. The molecule has 146 valence electrons. The van der Waals surface area contributed by atoms with Gasteiger partial charge in [0.15, 0.2) is 0 Å². The van der Waals surface area contributed by atoms with Crippen LogP contribution in [0.1, 0.15) is 18.9 Å². The summed E-state index contributed by atoms with van der Waals surface area (Å²) in [5.74, 6) is -0.332. The molecule has 28 heavy (non-hydrogen) atoms. The highest BCUT2D eigenvalue weighted by Crippen LogP contribution is 2.27. The maximum Gasteiger partial charge on any atom is 0.257 e. The van der Waals surface area contributed by atoms with Gasteiger partial charge in [-0.25, -0.2) is 4.90 Å². The van der Waals surface area contributed by atoms with Crippen LogP contribution >= 0.6 is 11.6 Å². The van der Waals surface area contributed by atoms with Crippen LogP contribution in [0.4, 0.5) is 5.69 Å². The lowest BCUT2D eigenvalue weighted by Crippen LogP contribution is -2.45. The van der Waals surface area contributed by atoms with Crippen molar-refractivity contribution in [2.75, 3.05) is 18.6 Å². The Kier molecular flexibility index (Phi) is 5.99. The van der Waals surface area contributed by atoms with E-state index >= 15 is 0 Å². The zero-order valence-electron chi connectivity index (χ0n) is 15.7. The number of halogens is 1. The second-order valence-electron chi connectivity index (χ2n) is 6.58. The highest BCUT2D eigenvalue weighted by atomic mass is 35.5. The van der Waals surface area contributed by atoms with Crippen molar-refractivity contribution in [1.82, 2.24) is 4.90 Å². The van der Waals surface area contributed by atoms with Crippen LogP contribution in [0.2, 0.25) is 5.02 Å². The maximum atomic E-state index is 12.9. The Morgan fingerprint density at radius 1 is 1.21 bits per heavy atom. The van der Waals surface area contributed by atoms with Crippen LogP contribution in [0, 0.1) is 0 Å². The van der Waals surface area contributed by atoms with E-state index in [2.05, 4.69) is 0 Å². The van der Waals surface area contributed by atoms with Gasteiger partial charge >= 0.3 is 0 Å². The molecule has 0 aromatic heterocycles. The summed E-state index contributed by atoms with van der Waals surface area (Å²) < 4.78 is 5.11. The molecule has 0 aliphatic carbocycles. The molecule has 1 fully saturated rings. The second-order valence-corrected chi connectivity index (χ2v) is 7.01. The van der Waals surface area contributed by atoms with Crippen LogP contribution < -0.4 is 9.64 Å². The molecule has 7 heteroatoms. The fraction of sp³-hybridized carbons (Fsp3) is 0.286. The first-order valence-electron chi connectivity index (χ1n) is 8.93. The fourth-order valence-electron chi connectivity index (χ4n) is 3.34. The molecule has 0 saturated carbocycles. The third-order valence-corrected chi connectivity index (χ3v) is 5.00. The van der Waals surface area contributed by atoms with Crippen molar-refractivity contribution in [3.63, 3.8) is 0 Å². The van der Waals surface area contributed by atoms with E-state index in [0.29, 0.717) is 29.4 Å². The van der Waals surface area contributed by atoms with Crippen molar-refractivity contribution in [1.29, 1.82) is 0 Å². The predicted octanol–water partition coefficient (Wildman–Crippen LogP) is 3.07. The molecule has 0 N–H and O–H groups in total.